The molecule has 0 spiro atoms. The molecule has 1 atom stereocenters. The topological polar surface area (TPSA) is 42.3 Å². The molecule has 27 heavy (non-hydrogen) atoms. The highest BCUT2D eigenvalue weighted by Gasteiger charge is 2.17. The monoisotopic (exact) mass is 390 g/mol. The highest BCUT2D eigenvalue weighted by molar-refractivity contribution is 7.85. The van der Waals surface area contributed by atoms with Gasteiger partial charge in [0.05, 0.1) is 4.75 Å². The van der Waals surface area contributed by atoms with Gasteiger partial charge in [0, 0.05) is 18.6 Å². The number of rotatable bonds is 14. The summed E-state index contributed by atoms with van der Waals surface area (Å²) < 4.78 is 15.6. The molecular formula is C23H38N2OS. The molecule has 0 amide bonds. The predicted octanol–water partition coefficient (Wildman–Crippen LogP) is 6.61. The summed E-state index contributed by atoms with van der Waals surface area (Å²) >= 11 is 0. The normalized spacial score (nSPS) is 13.6. The number of nitrogens with zero attached hydrogens (tertiary/aromatic N) is 2. The maximum Gasteiger partial charge on any atom is 0.144 e. The van der Waals surface area contributed by atoms with E-state index in [0.29, 0.717) is 0 Å². The van der Waals surface area contributed by atoms with Crippen LogP contribution in [0.4, 0.5) is 0 Å². The number of unbranched alkanes of at least 4 members (excludes halogenated alkanes) is 8. The maximum absolute atomic E-state index is 11.8. The summed E-state index contributed by atoms with van der Waals surface area (Å²) in [7, 11) is -1.10. The van der Waals surface area contributed by atoms with Crippen LogP contribution in [0.25, 0.3) is 0 Å². The summed E-state index contributed by atoms with van der Waals surface area (Å²) in [6, 6.07) is 4.14. The van der Waals surface area contributed by atoms with Gasteiger partial charge in [-0.05, 0) is 70.9 Å². The lowest BCUT2D eigenvalue weighted by molar-refractivity contribution is 0.587. The molecule has 152 valence electrons. The molecular weight excluding hydrogens is 352 g/mol. The second kappa shape index (κ2) is 14.7. The third kappa shape index (κ3) is 13.5. The van der Waals surface area contributed by atoms with E-state index in [9.17, 15) is 4.21 Å². The fourth-order valence-electron chi connectivity index (χ4n) is 2.69. The van der Waals surface area contributed by atoms with Gasteiger partial charge in [0.25, 0.3) is 0 Å². The van der Waals surface area contributed by atoms with Gasteiger partial charge in [-0.25, -0.2) is 4.21 Å². The Morgan fingerprint density at radius 1 is 0.963 bits per heavy atom. The maximum atomic E-state index is 11.8. The second-order valence-corrected chi connectivity index (χ2v) is 10.0. The van der Waals surface area contributed by atoms with Crippen LogP contribution < -0.4 is 0 Å². The van der Waals surface area contributed by atoms with E-state index < -0.39 is 11.0 Å². The molecule has 1 unspecified atom stereocenters. The first-order valence-corrected chi connectivity index (χ1v) is 11.6. The quantitative estimate of drug-likeness (QED) is 0.204. The molecule has 3 nitrogen and oxygen atoms in total. The Hall–Kier alpha value is -1.29. The molecule has 0 aliphatic rings. The molecule has 0 aromatic carbocycles. The average molecular weight is 391 g/mol. The lowest BCUT2D eigenvalue weighted by Crippen LogP contribution is -2.19. The van der Waals surface area contributed by atoms with Crippen LogP contribution in [-0.2, 0) is 17.4 Å². The highest BCUT2D eigenvalue weighted by atomic mass is 32.2. The van der Waals surface area contributed by atoms with E-state index in [2.05, 4.69) is 27.6 Å². The summed E-state index contributed by atoms with van der Waals surface area (Å²) in [6.07, 6.45) is 23.6. The molecule has 0 saturated heterocycles. The predicted molar refractivity (Wildman–Crippen MR) is 120 cm³/mol. The number of pyridine rings is 1. The van der Waals surface area contributed by atoms with Gasteiger partial charge in [-0.1, -0.05) is 50.3 Å². The minimum atomic E-state index is -1.10. The lowest BCUT2D eigenvalue weighted by atomic mass is 10.1. The summed E-state index contributed by atoms with van der Waals surface area (Å²) in [6.45, 7) is 5.87. The first-order chi connectivity index (χ1) is 13.0. The van der Waals surface area contributed by atoms with Crippen LogP contribution in [0.3, 0.4) is 0 Å². The Morgan fingerprint density at radius 3 is 2.22 bits per heavy atom. The van der Waals surface area contributed by atoms with Crippen molar-refractivity contribution in [3.05, 3.63) is 42.2 Å². The zero-order chi connectivity index (χ0) is 19.8. The van der Waals surface area contributed by atoms with Crippen LogP contribution in [0, 0.1) is 0 Å². The molecule has 0 saturated carbocycles. The summed E-state index contributed by atoms with van der Waals surface area (Å²) in [5, 5.41) is 0. The Kier molecular flexibility index (Phi) is 13.0. The first-order valence-electron chi connectivity index (χ1n) is 10.5. The standard InChI is InChI=1S/C23H38N2OS/c1-23(2,3)27(26)25-20-15-13-11-9-7-5-4-6-8-10-12-14-17-22-18-16-19-24-21-22/h10,12,16,18-21H,4-9,11,13-15,17H2,1-3H3/b12-10-,25-20+. The van der Waals surface area contributed by atoms with Crippen LogP contribution in [0.5, 0.6) is 0 Å². The SMILES string of the molecule is CC(C)(C)S(=O)/N=C/CCCCCCCCC/C=C\CCc1cccnc1. The van der Waals surface area contributed by atoms with Crippen molar-refractivity contribution in [3.63, 3.8) is 0 Å². The van der Waals surface area contributed by atoms with E-state index in [1.807, 2.05) is 45.4 Å². The third-order valence-electron chi connectivity index (χ3n) is 4.39. The van der Waals surface area contributed by atoms with Crippen molar-refractivity contribution >= 4 is 17.2 Å². The van der Waals surface area contributed by atoms with Crippen molar-refractivity contribution in [2.75, 3.05) is 0 Å². The van der Waals surface area contributed by atoms with E-state index >= 15 is 0 Å². The largest absolute Gasteiger partial charge is 0.264 e. The van der Waals surface area contributed by atoms with E-state index in [-0.39, 0.29) is 4.75 Å². The highest BCUT2D eigenvalue weighted by Crippen LogP contribution is 2.13. The van der Waals surface area contributed by atoms with E-state index in [4.69, 9.17) is 0 Å². The van der Waals surface area contributed by atoms with Crippen molar-refractivity contribution in [2.24, 2.45) is 4.40 Å². The van der Waals surface area contributed by atoms with Crippen molar-refractivity contribution in [1.29, 1.82) is 0 Å². The van der Waals surface area contributed by atoms with Gasteiger partial charge in [-0.2, -0.15) is 4.40 Å². The minimum Gasteiger partial charge on any atom is -0.264 e. The van der Waals surface area contributed by atoms with Gasteiger partial charge >= 0.3 is 0 Å². The van der Waals surface area contributed by atoms with Crippen LogP contribution >= 0.6 is 0 Å². The molecule has 0 aliphatic heterocycles. The number of hydrogen-bond donors (Lipinski definition) is 0. The van der Waals surface area contributed by atoms with E-state index in [0.717, 1.165) is 25.7 Å². The lowest BCUT2D eigenvalue weighted by Gasteiger charge is -2.12. The van der Waals surface area contributed by atoms with Crippen LogP contribution in [0.2, 0.25) is 0 Å². The zero-order valence-corrected chi connectivity index (χ0v) is 18.3. The van der Waals surface area contributed by atoms with Crippen LogP contribution in [0.15, 0.2) is 41.1 Å². The van der Waals surface area contributed by atoms with Crippen LogP contribution in [0.1, 0.15) is 90.5 Å². The van der Waals surface area contributed by atoms with Gasteiger partial charge < -0.3 is 0 Å². The molecule has 1 heterocycles. The first kappa shape index (κ1) is 23.7. The Labute approximate surface area is 169 Å². The van der Waals surface area contributed by atoms with Crippen molar-refractivity contribution < 1.29 is 4.21 Å². The fraction of sp³-hybridized carbons (Fsp3) is 0.652. The zero-order valence-electron chi connectivity index (χ0n) is 17.5. The fourth-order valence-corrected chi connectivity index (χ4v) is 3.25. The van der Waals surface area contributed by atoms with Crippen molar-refractivity contribution in [2.45, 2.75) is 96.1 Å². The van der Waals surface area contributed by atoms with Gasteiger partial charge in [-0.3, -0.25) is 4.98 Å². The third-order valence-corrected chi connectivity index (χ3v) is 5.78. The van der Waals surface area contributed by atoms with Gasteiger partial charge in [0.1, 0.15) is 11.0 Å². The molecule has 0 radical (unpaired) electrons. The number of hydrogen-bond acceptors (Lipinski definition) is 2. The molecule has 1 aromatic heterocycles. The number of aromatic nitrogens is 1. The molecule has 1 aromatic rings. The van der Waals surface area contributed by atoms with Crippen molar-refractivity contribution in [3.8, 4) is 0 Å². The average Bonchev–Trinajstić information content (AvgIpc) is 2.64. The van der Waals surface area contributed by atoms with Crippen molar-refractivity contribution in [1.82, 2.24) is 4.98 Å². The summed E-state index contributed by atoms with van der Waals surface area (Å²) in [4.78, 5) is 4.14. The molecule has 1 rings (SSSR count). The molecule has 0 aliphatic carbocycles. The summed E-state index contributed by atoms with van der Waals surface area (Å²) in [5.41, 5.74) is 1.32. The molecule has 0 N–H and O–H groups in total. The number of allylic oxidation sites excluding steroid dienone is 2. The van der Waals surface area contributed by atoms with E-state index in [1.165, 1.54) is 50.5 Å². The van der Waals surface area contributed by atoms with Gasteiger partial charge in [-0.15, -0.1) is 0 Å². The summed E-state index contributed by atoms with van der Waals surface area (Å²) in [5.74, 6) is 0. The Morgan fingerprint density at radius 2 is 1.59 bits per heavy atom. The number of aryl methyl sites for hydroxylation is 1. The van der Waals surface area contributed by atoms with Gasteiger partial charge in [0.15, 0.2) is 0 Å². The second-order valence-electron chi connectivity index (χ2n) is 8.07. The molecule has 0 bridgehead atoms. The Bertz CT molecular complexity index is 561. The Balaban J connectivity index is 1.86. The molecule has 4 heteroatoms. The molecule has 0 fully saturated rings. The minimum absolute atomic E-state index is 0.245. The van der Waals surface area contributed by atoms with Gasteiger partial charge in [0.2, 0.25) is 0 Å². The van der Waals surface area contributed by atoms with Crippen LogP contribution in [-0.4, -0.2) is 20.2 Å². The van der Waals surface area contributed by atoms with E-state index in [1.54, 1.807) is 0 Å². The smallest absolute Gasteiger partial charge is 0.144 e.